The Kier molecular flexibility index (Phi) is 4.33. The predicted molar refractivity (Wildman–Crippen MR) is 78.8 cm³/mol. The van der Waals surface area contributed by atoms with Crippen molar-refractivity contribution in [2.24, 2.45) is 0 Å². The van der Waals surface area contributed by atoms with Gasteiger partial charge in [-0.05, 0) is 36.8 Å². The lowest BCUT2D eigenvalue weighted by Crippen LogP contribution is -2.29. The highest BCUT2D eigenvalue weighted by molar-refractivity contribution is 7.16. The number of rotatable bonds is 4. The van der Waals surface area contributed by atoms with Gasteiger partial charge >= 0.3 is 0 Å². The van der Waals surface area contributed by atoms with E-state index in [-0.39, 0.29) is 0 Å². The van der Waals surface area contributed by atoms with Crippen molar-refractivity contribution in [2.75, 3.05) is 0 Å². The maximum atomic E-state index is 10.4. The van der Waals surface area contributed by atoms with E-state index >= 15 is 0 Å². The van der Waals surface area contributed by atoms with Crippen LogP contribution in [0.25, 0.3) is 0 Å². The molecule has 0 saturated heterocycles. The quantitative estimate of drug-likeness (QED) is 0.875. The van der Waals surface area contributed by atoms with E-state index in [1.807, 2.05) is 43.3 Å². The monoisotopic (exact) mass is 300 g/mol. The van der Waals surface area contributed by atoms with E-state index in [1.54, 1.807) is 0 Å². The number of thiophene rings is 1. The standard InChI is InChI=1S/C14H14Cl2OS/c1-14(17,9-12-6-7-13(16)18-12)8-10-2-4-11(15)5-3-10/h2-7,17H,8-9H2,1H3. The lowest BCUT2D eigenvalue weighted by Gasteiger charge is -2.22. The predicted octanol–water partition coefficient (Wildman–Crippen LogP) is 4.59. The fraction of sp³-hybridized carbons (Fsp3) is 0.286. The molecular formula is C14H14Cl2OS. The largest absolute Gasteiger partial charge is 0.389 e. The van der Waals surface area contributed by atoms with Crippen LogP contribution in [0.1, 0.15) is 17.4 Å². The van der Waals surface area contributed by atoms with Gasteiger partial charge in [0.2, 0.25) is 0 Å². The summed E-state index contributed by atoms with van der Waals surface area (Å²) in [6.45, 7) is 1.84. The molecule has 0 bridgehead atoms. The van der Waals surface area contributed by atoms with Crippen LogP contribution in [0.4, 0.5) is 0 Å². The summed E-state index contributed by atoms with van der Waals surface area (Å²) in [5.74, 6) is 0. The number of aliphatic hydroxyl groups is 1. The lowest BCUT2D eigenvalue weighted by molar-refractivity contribution is 0.0616. The Bertz CT molecular complexity index is 517. The molecule has 0 aliphatic carbocycles. The second kappa shape index (κ2) is 5.62. The molecule has 0 amide bonds. The molecule has 1 unspecified atom stereocenters. The van der Waals surface area contributed by atoms with E-state index in [0.717, 1.165) is 14.8 Å². The van der Waals surface area contributed by atoms with Crippen molar-refractivity contribution in [1.29, 1.82) is 0 Å². The normalized spacial score (nSPS) is 14.4. The number of halogens is 2. The van der Waals surface area contributed by atoms with Crippen molar-refractivity contribution in [3.8, 4) is 0 Å². The van der Waals surface area contributed by atoms with Crippen molar-refractivity contribution in [3.05, 3.63) is 56.2 Å². The minimum Gasteiger partial charge on any atom is -0.389 e. The van der Waals surface area contributed by atoms with Gasteiger partial charge in [0.1, 0.15) is 0 Å². The van der Waals surface area contributed by atoms with Gasteiger partial charge < -0.3 is 5.11 Å². The first kappa shape index (κ1) is 13.9. The SMILES string of the molecule is CC(O)(Cc1ccc(Cl)cc1)Cc1ccc(Cl)s1. The molecular weight excluding hydrogens is 287 g/mol. The molecule has 0 aliphatic heterocycles. The van der Waals surface area contributed by atoms with Crippen molar-refractivity contribution in [1.82, 2.24) is 0 Å². The third kappa shape index (κ3) is 3.99. The summed E-state index contributed by atoms with van der Waals surface area (Å²) in [5.41, 5.74) is 0.300. The summed E-state index contributed by atoms with van der Waals surface area (Å²) in [5, 5.41) is 11.1. The maximum absolute atomic E-state index is 10.4. The molecule has 1 N–H and O–H groups in total. The van der Waals surface area contributed by atoms with Crippen LogP contribution in [0.5, 0.6) is 0 Å². The van der Waals surface area contributed by atoms with E-state index in [4.69, 9.17) is 23.2 Å². The van der Waals surface area contributed by atoms with Crippen LogP contribution < -0.4 is 0 Å². The second-order valence-corrected chi connectivity index (χ2v) is 6.92. The molecule has 96 valence electrons. The average Bonchev–Trinajstić information content (AvgIpc) is 2.66. The third-order valence-electron chi connectivity index (χ3n) is 2.68. The van der Waals surface area contributed by atoms with Crippen LogP contribution in [0.3, 0.4) is 0 Å². The molecule has 1 atom stereocenters. The van der Waals surface area contributed by atoms with Crippen molar-refractivity contribution in [3.63, 3.8) is 0 Å². The van der Waals surface area contributed by atoms with Gasteiger partial charge in [0, 0.05) is 22.7 Å². The molecule has 2 aromatic rings. The maximum Gasteiger partial charge on any atom is 0.0931 e. The first-order chi connectivity index (χ1) is 8.44. The highest BCUT2D eigenvalue weighted by Crippen LogP contribution is 2.27. The molecule has 0 fully saturated rings. The lowest BCUT2D eigenvalue weighted by atomic mass is 9.93. The summed E-state index contributed by atoms with van der Waals surface area (Å²) in [6.07, 6.45) is 1.20. The first-order valence-corrected chi connectivity index (χ1v) is 7.23. The molecule has 0 spiro atoms. The molecule has 0 aliphatic rings. The first-order valence-electron chi connectivity index (χ1n) is 5.66. The fourth-order valence-electron chi connectivity index (χ4n) is 1.93. The van der Waals surface area contributed by atoms with Gasteiger partial charge in [-0.2, -0.15) is 0 Å². The molecule has 1 heterocycles. The number of hydrogen-bond donors (Lipinski definition) is 1. The van der Waals surface area contributed by atoms with E-state index in [2.05, 4.69) is 0 Å². The van der Waals surface area contributed by atoms with Crippen LogP contribution in [0, 0.1) is 0 Å². The Morgan fingerprint density at radius 2 is 1.72 bits per heavy atom. The fourth-order valence-corrected chi connectivity index (χ4v) is 3.32. The van der Waals surface area contributed by atoms with Crippen LogP contribution in [0.2, 0.25) is 9.36 Å². The number of benzene rings is 1. The summed E-state index contributed by atoms with van der Waals surface area (Å²) in [4.78, 5) is 1.10. The van der Waals surface area contributed by atoms with Gasteiger partial charge in [-0.3, -0.25) is 0 Å². The van der Waals surface area contributed by atoms with Gasteiger partial charge in [-0.15, -0.1) is 11.3 Å². The van der Waals surface area contributed by atoms with Crippen LogP contribution in [-0.2, 0) is 12.8 Å². The Hall–Kier alpha value is -0.540. The third-order valence-corrected chi connectivity index (χ3v) is 4.17. The van der Waals surface area contributed by atoms with Gasteiger partial charge in [0.25, 0.3) is 0 Å². The summed E-state index contributed by atoms with van der Waals surface area (Å²) in [7, 11) is 0. The van der Waals surface area contributed by atoms with Gasteiger partial charge in [0.15, 0.2) is 0 Å². The van der Waals surface area contributed by atoms with E-state index in [9.17, 15) is 5.11 Å². The highest BCUT2D eigenvalue weighted by atomic mass is 35.5. The summed E-state index contributed by atoms with van der Waals surface area (Å²) >= 11 is 13.2. The molecule has 1 nitrogen and oxygen atoms in total. The van der Waals surface area contributed by atoms with Crippen LogP contribution in [-0.4, -0.2) is 10.7 Å². The Labute approximate surface area is 121 Å². The minimum absolute atomic E-state index is 0.597. The topological polar surface area (TPSA) is 20.2 Å². The molecule has 18 heavy (non-hydrogen) atoms. The smallest absolute Gasteiger partial charge is 0.0931 e. The van der Waals surface area contributed by atoms with Crippen molar-refractivity contribution in [2.45, 2.75) is 25.4 Å². The number of hydrogen-bond acceptors (Lipinski definition) is 2. The minimum atomic E-state index is -0.776. The van der Waals surface area contributed by atoms with Gasteiger partial charge in [0.05, 0.1) is 9.94 Å². The van der Waals surface area contributed by atoms with Crippen LogP contribution in [0.15, 0.2) is 36.4 Å². The zero-order valence-corrected chi connectivity index (χ0v) is 12.3. The highest BCUT2D eigenvalue weighted by Gasteiger charge is 2.22. The average molecular weight is 301 g/mol. The molecule has 4 heteroatoms. The molecule has 1 aromatic heterocycles. The van der Waals surface area contributed by atoms with E-state index in [0.29, 0.717) is 17.9 Å². The zero-order chi connectivity index (χ0) is 13.2. The van der Waals surface area contributed by atoms with Crippen molar-refractivity contribution < 1.29 is 5.11 Å². The van der Waals surface area contributed by atoms with Gasteiger partial charge in [-0.25, -0.2) is 0 Å². The summed E-state index contributed by atoms with van der Waals surface area (Å²) in [6, 6.07) is 11.4. The molecule has 1 aromatic carbocycles. The second-order valence-electron chi connectivity index (χ2n) is 4.68. The molecule has 2 rings (SSSR count). The van der Waals surface area contributed by atoms with Gasteiger partial charge in [-0.1, -0.05) is 35.3 Å². The molecule has 0 saturated carbocycles. The van der Waals surface area contributed by atoms with E-state index < -0.39 is 5.60 Å². The van der Waals surface area contributed by atoms with Crippen molar-refractivity contribution >= 4 is 34.5 Å². The zero-order valence-electron chi connectivity index (χ0n) is 9.99. The Balaban J connectivity index is 2.04. The molecule has 0 radical (unpaired) electrons. The Morgan fingerprint density at radius 3 is 2.28 bits per heavy atom. The summed E-state index contributed by atoms with van der Waals surface area (Å²) < 4.78 is 0.757. The van der Waals surface area contributed by atoms with E-state index in [1.165, 1.54) is 11.3 Å². The Morgan fingerprint density at radius 1 is 1.06 bits per heavy atom. The van der Waals surface area contributed by atoms with Crippen LogP contribution >= 0.6 is 34.5 Å².